The van der Waals surface area contributed by atoms with Gasteiger partial charge in [0.25, 0.3) is 0 Å². The Morgan fingerprint density at radius 2 is 2.08 bits per heavy atom. The van der Waals surface area contributed by atoms with Crippen molar-refractivity contribution in [1.29, 1.82) is 5.26 Å². The Hall–Kier alpha value is -1.82. The van der Waals surface area contributed by atoms with Crippen molar-refractivity contribution in [3.8, 4) is 6.07 Å². The van der Waals surface area contributed by atoms with Crippen LogP contribution in [0.4, 0.5) is 0 Å². The average Bonchev–Trinajstić information content (AvgIpc) is 2.15. The Kier molecular flexibility index (Phi) is 2.86. The summed E-state index contributed by atoms with van der Waals surface area (Å²) in [6.07, 6.45) is 1.99. The van der Waals surface area contributed by atoms with Crippen molar-refractivity contribution in [3.05, 3.63) is 35.4 Å². The number of nitriles is 1. The number of benzene rings is 1. The Bertz CT molecular complexity index is 308. The monoisotopic (exact) mass is 160 g/mol. The molecule has 0 atom stereocenters. The van der Waals surface area contributed by atoms with E-state index in [2.05, 4.69) is 5.16 Å². The lowest BCUT2D eigenvalue weighted by atomic mass is 10.1. The quantitative estimate of drug-likeness (QED) is 0.405. The molecule has 0 radical (unpaired) electrons. The number of oxime groups is 1. The van der Waals surface area contributed by atoms with Gasteiger partial charge in [-0.3, -0.25) is 0 Å². The summed E-state index contributed by atoms with van der Waals surface area (Å²) in [5.41, 5.74) is 1.66. The van der Waals surface area contributed by atoms with Gasteiger partial charge in [-0.2, -0.15) is 5.26 Å². The molecule has 0 heterocycles. The molecular formula is C9H8N2O. The third-order valence-electron chi connectivity index (χ3n) is 1.49. The normalized spacial score (nSPS) is 9.92. The van der Waals surface area contributed by atoms with Crippen LogP contribution < -0.4 is 0 Å². The summed E-state index contributed by atoms with van der Waals surface area (Å²) in [4.78, 5) is 0. The molecule has 3 heteroatoms. The Morgan fingerprint density at radius 1 is 1.42 bits per heavy atom. The van der Waals surface area contributed by atoms with Crippen molar-refractivity contribution in [2.75, 3.05) is 0 Å². The number of nitrogens with zero attached hydrogens (tertiary/aromatic N) is 2. The van der Waals surface area contributed by atoms with Gasteiger partial charge in [-0.15, -0.1) is 5.16 Å². The van der Waals surface area contributed by atoms with Crippen LogP contribution in [0.25, 0.3) is 0 Å². The number of rotatable bonds is 2. The van der Waals surface area contributed by atoms with Crippen molar-refractivity contribution in [2.24, 2.45) is 5.16 Å². The molecule has 1 aromatic rings. The fourth-order valence-electron chi connectivity index (χ4n) is 0.862. The molecule has 0 spiro atoms. The molecule has 60 valence electrons. The minimum atomic E-state index is 0.586. The topological polar surface area (TPSA) is 56.4 Å². The average molecular weight is 160 g/mol. The van der Waals surface area contributed by atoms with Crippen LogP contribution in [0.5, 0.6) is 0 Å². The van der Waals surface area contributed by atoms with Crippen LogP contribution in [0.1, 0.15) is 11.1 Å². The summed E-state index contributed by atoms with van der Waals surface area (Å²) >= 11 is 0. The minimum absolute atomic E-state index is 0.586. The number of hydrogen-bond donors (Lipinski definition) is 1. The summed E-state index contributed by atoms with van der Waals surface area (Å²) in [5.74, 6) is 0. The maximum absolute atomic E-state index is 8.49. The Balaban J connectivity index is 2.73. The fourth-order valence-corrected chi connectivity index (χ4v) is 0.862. The zero-order chi connectivity index (χ0) is 8.81. The van der Waals surface area contributed by atoms with Gasteiger partial charge in [0, 0.05) is 12.6 Å². The zero-order valence-electron chi connectivity index (χ0n) is 6.44. The van der Waals surface area contributed by atoms with E-state index in [9.17, 15) is 0 Å². The Morgan fingerprint density at radius 3 is 2.58 bits per heavy atom. The second-order valence-corrected chi connectivity index (χ2v) is 2.31. The molecule has 0 aliphatic rings. The van der Waals surface area contributed by atoms with Crippen molar-refractivity contribution in [1.82, 2.24) is 0 Å². The van der Waals surface area contributed by atoms with Gasteiger partial charge in [-0.1, -0.05) is 12.1 Å². The highest BCUT2D eigenvalue weighted by Gasteiger charge is 1.90. The molecule has 1 rings (SSSR count). The molecular weight excluding hydrogens is 152 g/mol. The third kappa shape index (κ3) is 2.10. The molecule has 0 aliphatic heterocycles. The van der Waals surface area contributed by atoms with Crippen LogP contribution in [-0.4, -0.2) is 11.4 Å². The molecule has 0 saturated heterocycles. The maximum atomic E-state index is 8.49. The molecule has 1 aromatic carbocycles. The van der Waals surface area contributed by atoms with Crippen LogP contribution in [0, 0.1) is 11.3 Å². The summed E-state index contributed by atoms with van der Waals surface area (Å²) < 4.78 is 0. The van der Waals surface area contributed by atoms with Crippen LogP contribution in [0.15, 0.2) is 29.4 Å². The van der Waals surface area contributed by atoms with Gasteiger partial charge in [-0.05, 0) is 17.7 Å². The van der Waals surface area contributed by atoms with Gasteiger partial charge >= 0.3 is 0 Å². The first kappa shape index (κ1) is 8.28. The van der Waals surface area contributed by atoms with E-state index in [1.165, 1.54) is 6.21 Å². The zero-order valence-corrected chi connectivity index (χ0v) is 6.44. The van der Waals surface area contributed by atoms with Gasteiger partial charge in [-0.25, -0.2) is 0 Å². The molecule has 3 nitrogen and oxygen atoms in total. The van der Waals surface area contributed by atoms with E-state index in [1.54, 1.807) is 12.1 Å². The first-order valence-electron chi connectivity index (χ1n) is 3.51. The van der Waals surface area contributed by atoms with Crippen molar-refractivity contribution in [3.63, 3.8) is 0 Å². The summed E-state index contributed by atoms with van der Waals surface area (Å²) in [6.45, 7) is 0. The molecule has 0 bridgehead atoms. The van der Waals surface area contributed by atoms with Gasteiger partial charge in [0.2, 0.25) is 0 Å². The minimum Gasteiger partial charge on any atom is -0.411 e. The standard InChI is InChI=1S/C9H8N2O/c10-7-9-3-1-8(2-4-9)5-6-11-12/h1-4,6,12H,5H2. The van der Waals surface area contributed by atoms with E-state index in [0.29, 0.717) is 12.0 Å². The van der Waals surface area contributed by atoms with Crippen LogP contribution in [0.2, 0.25) is 0 Å². The van der Waals surface area contributed by atoms with Crippen LogP contribution >= 0.6 is 0 Å². The second-order valence-electron chi connectivity index (χ2n) is 2.31. The highest BCUT2D eigenvalue weighted by Crippen LogP contribution is 2.02. The van der Waals surface area contributed by atoms with Gasteiger partial charge in [0.05, 0.1) is 11.6 Å². The van der Waals surface area contributed by atoms with E-state index >= 15 is 0 Å². The first-order valence-corrected chi connectivity index (χ1v) is 3.51. The van der Waals surface area contributed by atoms with Crippen LogP contribution in [-0.2, 0) is 6.42 Å². The highest BCUT2D eigenvalue weighted by atomic mass is 16.4. The largest absolute Gasteiger partial charge is 0.411 e. The summed E-state index contributed by atoms with van der Waals surface area (Å²) in [7, 11) is 0. The van der Waals surface area contributed by atoms with Crippen molar-refractivity contribution in [2.45, 2.75) is 6.42 Å². The lowest BCUT2D eigenvalue weighted by molar-refractivity contribution is 0.321. The molecule has 12 heavy (non-hydrogen) atoms. The number of hydrogen-bond acceptors (Lipinski definition) is 3. The molecule has 0 saturated carbocycles. The predicted octanol–water partition coefficient (Wildman–Crippen LogP) is 1.56. The lowest BCUT2D eigenvalue weighted by Crippen LogP contribution is -1.85. The second kappa shape index (κ2) is 4.14. The fraction of sp³-hybridized carbons (Fsp3) is 0.111. The van der Waals surface area contributed by atoms with Crippen LogP contribution in [0.3, 0.4) is 0 Å². The lowest BCUT2D eigenvalue weighted by Gasteiger charge is -1.93. The molecule has 0 amide bonds. The molecule has 0 fully saturated rings. The van der Waals surface area contributed by atoms with E-state index < -0.39 is 0 Å². The summed E-state index contributed by atoms with van der Waals surface area (Å²) in [5, 5.41) is 19.5. The molecule has 0 aliphatic carbocycles. The van der Waals surface area contributed by atoms with E-state index in [1.807, 2.05) is 18.2 Å². The van der Waals surface area contributed by atoms with Gasteiger partial charge in [0.1, 0.15) is 0 Å². The smallest absolute Gasteiger partial charge is 0.0991 e. The van der Waals surface area contributed by atoms with Crippen molar-refractivity contribution >= 4 is 6.21 Å². The molecule has 0 aromatic heterocycles. The van der Waals surface area contributed by atoms with E-state index in [4.69, 9.17) is 10.5 Å². The van der Waals surface area contributed by atoms with E-state index in [-0.39, 0.29) is 0 Å². The van der Waals surface area contributed by atoms with Gasteiger partial charge in [0.15, 0.2) is 0 Å². The predicted molar refractivity (Wildman–Crippen MR) is 45.1 cm³/mol. The Labute approximate surface area is 70.6 Å². The molecule has 1 N–H and O–H groups in total. The first-order chi connectivity index (χ1) is 5.86. The molecule has 0 unspecified atom stereocenters. The third-order valence-corrected chi connectivity index (χ3v) is 1.49. The maximum Gasteiger partial charge on any atom is 0.0991 e. The highest BCUT2D eigenvalue weighted by molar-refractivity contribution is 5.60. The van der Waals surface area contributed by atoms with Crippen molar-refractivity contribution < 1.29 is 5.21 Å². The van der Waals surface area contributed by atoms with E-state index in [0.717, 1.165) is 5.56 Å². The van der Waals surface area contributed by atoms with Gasteiger partial charge < -0.3 is 5.21 Å². The SMILES string of the molecule is N#Cc1ccc(CC=NO)cc1. The summed E-state index contributed by atoms with van der Waals surface area (Å²) in [6, 6.07) is 9.17.